The van der Waals surface area contributed by atoms with Gasteiger partial charge in [0.15, 0.2) is 0 Å². The number of carbonyl (C=O) groups is 2. The summed E-state index contributed by atoms with van der Waals surface area (Å²) in [5.74, 6) is 0.571. The van der Waals surface area contributed by atoms with Crippen molar-refractivity contribution in [3.05, 3.63) is 0 Å². The molecule has 1 aliphatic rings. The lowest BCUT2D eigenvalue weighted by Crippen LogP contribution is -2.63. The molecule has 0 aromatic rings. The molecule has 1 rings (SSSR count). The summed E-state index contributed by atoms with van der Waals surface area (Å²) >= 11 is 0. The second-order valence-corrected chi connectivity index (χ2v) is 5.92. The first kappa shape index (κ1) is 16.0. The highest BCUT2D eigenvalue weighted by Crippen LogP contribution is 2.17. The molecule has 19 heavy (non-hydrogen) atoms. The van der Waals surface area contributed by atoms with E-state index in [9.17, 15) is 9.59 Å². The fourth-order valence-electron chi connectivity index (χ4n) is 2.44. The van der Waals surface area contributed by atoms with Gasteiger partial charge in [0.05, 0.1) is 6.61 Å². The van der Waals surface area contributed by atoms with Gasteiger partial charge in [-0.25, -0.2) is 0 Å². The molecule has 1 fully saturated rings. The molecule has 0 spiro atoms. The molecule has 1 aliphatic heterocycles. The first-order valence-corrected chi connectivity index (χ1v) is 6.96. The molecule has 0 aliphatic carbocycles. The number of amides is 2. The van der Waals surface area contributed by atoms with Gasteiger partial charge in [0.1, 0.15) is 12.1 Å². The van der Waals surface area contributed by atoms with E-state index in [1.807, 2.05) is 6.92 Å². The van der Waals surface area contributed by atoms with Crippen LogP contribution in [0.2, 0.25) is 0 Å². The number of ether oxygens (including phenoxy) is 1. The Morgan fingerprint density at radius 3 is 2.47 bits per heavy atom. The number of hydrogen-bond donors (Lipinski definition) is 1. The van der Waals surface area contributed by atoms with Crippen molar-refractivity contribution in [2.75, 3.05) is 20.3 Å². The minimum absolute atomic E-state index is 0.0313. The molecule has 1 saturated heterocycles. The van der Waals surface area contributed by atoms with E-state index in [-0.39, 0.29) is 23.8 Å². The van der Waals surface area contributed by atoms with Gasteiger partial charge in [-0.1, -0.05) is 20.8 Å². The van der Waals surface area contributed by atoms with Crippen LogP contribution in [0.3, 0.4) is 0 Å². The van der Waals surface area contributed by atoms with Gasteiger partial charge < -0.3 is 15.0 Å². The fraction of sp³-hybridized carbons (Fsp3) is 0.857. The van der Waals surface area contributed by atoms with Crippen molar-refractivity contribution in [3.63, 3.8) is 0 Å². The first-order valence-electron chi connectivity index (χ1n) is 6.96. The Bertz CT molecular complexity index is 331. The number of nitrogens with one attached hydrogen (secondary N) is 1. The number of rotatable bonds is 6. The molecule has 5 heteroatoms. The van der Waals surface area contributed by atoms with Crippen LogP contribution in [-0.2, 0) is 14.3 Å². The van der Waals surface area contributed by atoms with Gasteiger partial charge >= 0.3 is 0 Å². The lowest BCUT2D eigenvalue weighted by molar-refractivity contribution is -0.149. The molecule has 1 heterocycles. The molecule has 0 aromatic heterocycles. The third kappa shape index (κ3) is 4.20. The lowest BCUT2D eigenvalue weighted by Gasteiger charge is -2.39. The van der Waals surface area contributed by atoms with Crippen molar-refractivity contribution < 1.29 is 14.3 Å². The van der Waals surface area contributed by atoms with Crippen molar-refractivity contribution in [2.45, 2.75) is 46.2 Å². The summed E-state index contributed by atoms with van der Waals surface area (Å²) in [6.07, 6.45) is 0.687. The van der Waals surface area contributed by atoms with E-state index in [2.05, 4.69) is 19.2 Å². The molecule has 5 nitrogen and oxygen atoms in total. The Morgan fingerprint density at radius 1 is 1.32 bits per heavy atom. The summed E-state index contributed by atoms with van der Waals surface area (Å²) < 4.78 is 5.10. The SMILES string of the molecule is COCC(C)CN1C(=O)C(CC(C)C)NC(=O)C1C. The Kier molecular flexibility index (Phi) is 5.79. The highest BCUT2D eigenvalue weighted by molar-refractivity contribution is 5.96. The second-order valence-electron chi connectivity index (χ2n) is 5.92. The summed E-state index contributed by atoms with van der Waals surface area (Å²) in [4.78, 5) is 26.1. The summed E-state index contributed by atoms with van der Waals surface area (Å²) in [5, 5.41) is 2.82. The van der Waals surface area contributed by atoms with E-state index in [0.29, 0.717) is 25.5 Å². The van der Waals surface area contributed by atoms with Crippen LogP contribution in [-0.4, -0.2) is 49.1 Å². The number of carbonyl (C=O) groups excluding carboxylic acids is 2. The highest BCUT2D eigenvalue weighted by atomic mass is 16.5. The Balaban J connectivity index is 2.75. The van der Waals surface area contributed by atoms with Gasteiger partial charge in [-0.15, -0.1) is 0 Å². The first-order chi connectivity index (χ1) is 8.86. The Morgan fingerprint density at radius 2 is 1.95 bits per heavy atom. The van der Waals surface area contributed by atoms with Crippen molar-refractivity contribution in [1.29, 1.82) is 0 Å². The quantitative estimate of drug-likeness (QED) is 0.784. The van der Waals surface area contributed by atoms with Crippen molar-refractivity contribution in [2.24, 2.45) is 11.8 Å². The minimum Gasteiger partial charge on any atom is -0.384 e. The molecule has 0 radical (unpaired) electrons. The minimum atomic E-state index is -0.393. The predicted molar refractivity (Wildman–Crippen MR) is 73.6 cm³/mol. The number of piperazine rings is 1. The third-order valence-corrected chi connectivity index (χ3v) is 3.41. The topological polar surface area (TPSA) is 58.6 Å². The molecule has 2 amide bonds. The van der Waals surface area contributed by atoms with Crippen LogP contribution in [0.1, 0.15) is 34.1 Å². The highest BCUT2D eigenvalue weighted by Gasteiger charge is 2.38. The number of hydrogen-bond acceptors (Lipinski definition) is 3. The smallest absolute Gasteiger partial charge is 0.245 e. The van der Waals surface area contributed by atoms with Crippen LogP contribution in [0.5, 0.6) is 0 Å². The Labute approximate surface area is 115 Å². The van der Waals surface area contributed by atoms with E-state index in [1.54, 1.807) is 18.9 Å². The maximum atomic E-state index is 12.4. The van der Waals surface area contributed by atoms with E-state index >= 15 is 0 Å². The van der Waals surface area contributed by atoms with Crippen LogP contribution in [0.25, 0.3) is 0 Å². The summed E-state index contributed by atoms with van der Waals surface area (Å²) in [6.45, 7) is 9.05. The van der Waals surface area contributed by atoms with Crippen LogP contribution < -0.4 is 5.32 Å². The van der Waals surface area contributed by atoms with Crippen LogP contribution in [0, 0.1) is 11.8 Å². The monoisotopic (exact) mass is 270 g/mol. The second kappa shape index (κ2) is 6.89. The molecule has 3 atom stereocenters. The molecule has 0 bridgehead atoms. The standard InChI is InChI=1S/C14H26N2O3/c1-9(2)6-12-14(18)16(7-10(3)8-19-5)11(4)13(17)15-12/h9-12H,6-8H2,1-5H3,(H,15,17). The zero-order valence-corrected chi connectivity index (χ0v) is 12.6. The summed E-state index contributed by atoms with van der Waals surface area (Å²) in [7, 11) is 1.65. The van der Waals surface area contributed by atoms with Crippen LogP contribution in [0.15, 0.2) is 0 Å². The van der Waals surface area contributed by atoms with Gasteiger partial charge in [0.2, 0.25) is 11.8 Å². The van der Waals surface area contributed by atoms with Crippen molar-refractivity contribution in [1.82, 2.24) is 10.2 Å². The van der Waals surface area contributed by atoms with E-state index in [0.717, 1.165) is 0 Å². The zero-order chi connectivity index (χ0) is 14.6. The van der Waals surface area contributed by atoms with Gasteiger partial charge in [-0.05, 0) is 25.2 Å². The van der Waals surface area contributed by atoms with E-state index in [4.69, 9.17) is 4.74 Å². The normalized spacial score (nSPS) is 25.7. The van der Waals surface area contributed by atoms with Crippen LogP contribution in [0.4, 0.5) is 0 Å². The fourth-order valence-corrected chi connectivity index (χ4v) is 2.44. The average Bonchev–Trinajstić information content (AvgIpc) is 2.31. The maximum Gasteiger partial charge on any atom is 0.245 e. The van der Waals surface area contributed by atoms with Crippen molar-refractivity contribution >= 4 is 11.8 Å². The largest absolute Gasteiger partial charge is 0.384 e. The molecule has 0 saturated carbocycles. The summed E-state index contributed by atoms with van der Waals surface area (Å²) in [6, 6.07) is -0.770. The van der Waals surface area contributed by atoms with Gasteiger partial charge in [0, 0.05) is 13.7 Å². The average molecular weight is 270 g/mol. The third-order valence-electron chi connectivity index (χ3n) is 3.41. The number of methoxy groups -OCH3 is 1. The van der Waals surface area contributed by atoms with E-state index in [1.165, 1.54) is 0 Å². The van der Waals surface area contributed by atoms with Gasteiger partial charge in [0.25, 0.3) is 0 Å². The van der Waals surface area contributed by atoms with Gasteiger partial charge in [-0.2, -0.15) is 0 Å². The van der Waals surface area contributed by atoms with Crippen molar-refractivity contribution in [3.8, 4) is 0 Å². The molecule has 1 N–H and O–H groups in total. The molecule has 3 unspecified atom stereocenters. The molecule has 0 aromatic carbocycles. The van der Waals surface area contributed by atoms with Gasteiger partial charge in [-0.3, -0.25) is 9.59 Å². The zero-order valence-electron chi connectivity index (χ0n) is 12.6. The Hall–Kier alpha value is -1.10. The van der Waals surface area contributed by atoms with Crippen LogP contribution >= 0.6 is 0 Å². The molecular weight excluding hydrogens is 244 g/mol. The molecular formula is C14H26N2O3. The lowest BCUT2D eigenvalue weighted by atomic mass is 9.98. The number of nitrogens with zero attached hydrogens (tertiary/aromatic N) is 1. The molecule has 110 valence electrons. The maximum absolute atomic E-state index is 12.4. The summed E-state index contributed by atoms with van der Waals surface area (Å²) in [5.41, 5.74) is 0. The predicted octanol–water partition coefficient (Wildman–Crippen LogP) is 1.03. The van der Waals surface area contributed by atoms with E-state index < -0.39 is 6.04 Å².